The van der Waals surface area contributed by atoms with E-state index in [1.807, 2.05) is 49.2 Å². The number of carbonyl (C=O) groups is 1. The molecule has 0 aliphatic carbocycles. The summed E-state index contributed by atoms with van der Waals surface area (Å²) in [5.41, 5.74) is 2.02. The summed E-state index contributed by atoms with van der Waals surface area (Å²) in [4.78, 5) is 14.3. The van der Waals surface area contributed by atoms with Crippen molar-refractivity contribution in [3.05, 3.63) is 60.2 Å². The number of para-hydroxylation sites is 1. The van der Waals surface area contributed by atoms with Crippen LogP contribution in [0.15, 0.2) is 59.5 Å². The highest BCUT2D eigenvalue weighted by atomic mass is 32.2. The number of hydrogen-bond acceptors (Lipinski definition) is 4. The zero-order valence-electron chi connectivity index (χ0n) is 15.3. The molecule has 140 valence electrons. The summed E-state index contributed by atoms with van der Waals surface area (Å²) in [5.74, 6) is -0.359. The molecule has 2 aromatic carbocycles. The van der Waals surface area contributed by atoms with E-state index in [1.54, 1.807) is 12.1 Å². The summed E-state index contributed by atoms with van der Waals surface area (Å²) >= 11 is 0. The number of aryl methyl sites for hydroxylation is 1. The summed E-state index contributed by atoms with van der Waals surface area (Å²) in [6.07, 6.45) is 0. The van der Waals surface area contributed by atoms with E-state index in [4.69, 9.17) is 0 Å². The molecule has 0 heterocycles. The Kier molecular flexibility index (Phi) is 6.76. The van der Waals surface area contributed by atoms with Gasteiger partial charge >= 0.3 is 0 Å². The van der Waals surface area contributed by atoms with E-state index >= 15 is 0 Å². The van der Waals surface area contributed by atoms with Gasteiger partial charge in [0.05, 0.1) is 10.9 Å². The fourth-order valence-electron chi connectivity index (χ4n) is 2.38. The van der Waals surface area contributed by atoms with Gasteiger partial charge in [-0.05, 0) is 38.1 Å². The molecule has 7 heteroatoms. The topological polar surface area (TPSA) is 78.5 Å². The predicted octanol–water partition coefficient (Wildman–Crippen LogP) is 1.91. The molecule has 1 unspecified atom stereocenters. The van der Waals surface area contributed by atoms with Gasteiger partial charge < -0.3 is 10.2 Å². The van der Waals surface area contributed by atoms with E-state index in [0.717, 1.165) is 11.3 Å². The van der Waals surface area contributed by atoms with Gasteiger partial charge in [-0.1, -0.05) is 35.9 Å². The summed E-state index contributed by atoms with van der Waals surface area (Å²) in [6.45, 7) is 4.45. The van der Waals surface area contributed by atoms with Crippen LogP contribution in [0.1, 0.15) is 12.5 Å². The van der Waals surface area contributed by atoms with Crippen LogP contribution in [0.2, 0.25) is 0 Å². The molecule has 2 N–H and O–H groups in total. The Morgan fingerprint density at radius 1 is 1.08 bits per heavy atom. The second kappa shape index (κ2) is 8.82. The number of rotatable bonds is 8. The Labute approximate surface area is 155 Å². The standard InChI is InChI=1S/C19H25N3O3S/c1-15-9-11-18(12-10-15)26(24,25)21-16(2)19(23)20-13-14-22(3)17-7-5-4-6-8-17/h4-12,16,21H,13-14H2,1-3H3,(H,20,23). The maximum Gasteiger partial charge on any atom is 0.241 e. The Hall–Kier alpha value is -2.38. The number of nitrogens with zero attached hydrogens (tertiary/aromatic N) is 1. The number of amides is 1. The summed E-state index contributed by atoms with van der Waals surface area (Å²) in [6, 6.07) is 15.5. The summed E-state index contributed by atoms with van der Waals surface area (Å²) < 4.78 is 27.1. The zero-order chi connectivity index (χ0) is 19.2. The Morgan fingerprint density at radius 3 is 2.31 bits per heavy atom. The third-order valence-electron chi connectivity index (χ3n) is 4.00. The quantitative estimate of drug-likeness (QED) is 0.739. The smallest absolute Gasteiger partial charge is 0.241 e. The maximum absolute atomic E-state index is 12.3. The highest BCUT2D eigenvalue weighted by Crippen LogP contribution is 2.11. The van der Waals surface area contributed by atoms with Crippen molar-refractivity contribution < 1.29 is 13.2 Å². The highest BCUT2D eigenvalue weighted by molar-refractivity contribution is 7.89. The molecule has 0 saturated carbocycles. The van der Waals surface area contributed by atoms with Gasteiger partial charge in [-0.15, -0.1) is 0 Å². The lowest BCUT2D eigenvalue weighted by Crippen LogP contribution is -2.46. The fraction of sp³-hybridized carbons (Fsp3) is 0.316. The van der Waals surface area contributed by atoms with Crippen molar-refractivity contribution in [1.82, 2.24) is 10.0 Å². The number of nitrogens with one attached hydrogen (secondary N) is 2. The van der Waals surface area contributed by atoms with Crippen LogP contribution in [0, 0.1) is 6.92 Å². The maximum atomic E-state index is 12.3. The van der Waals surface area contributed by atoms with E-state index in [9.17, 15) is 13.2 Å². The van der Waals surface area contributed by atoms with E-state index in [-0.39, 0.29) is 10.8 Å². The first-order valence-electron chi connectivity index (χ1n) is 8.42. The molecule has 0 saturated heterocycles. The number of carbonyl (C=O) groups excluding carboxylic acids is 1. The zero-order valence-corrected chi connectivity index (χ0v) is 16.1. The fourth-order valence-corrected chi connectivity index (χ4v) is 3.59. The van der Waals surface area contributed by atoms with Crippen molar-refractivity contribution in [2.45, 2.75) is 24.8 Å². The van der Waals surface area contributed by atoms with Gasteiger partial charge in [-0.3, -0.25) is 4.79 Å². The van der Waals surface area contributed by atoms with E-state index < -0.39 is 16.1 Å². The van der Waals surface area contributed by atoms with E-state index in [2.05, 4.69) is 10.0 Å². The van der Waals surface area contributed by atoms with Crippen LogP contribution < -0.4 is 14.9 Å². The van der Waals surface area contributed by atoms with Gasteiger partial charge in [0, 0.05) is 25.8 Å². The van der Waals surface area contributed by atoms with Gasteiger partial charge in [0.15, 0.2) is 0 Å². The molecule has 2 rings (SSSR count). The minimum Gasteiger partial charge on any atom is -0.373 e. The van der Waals surface area contributed by atoms with Gasteiger partial charge in [0.2, 0.25) is 15.9 Å². The van der Waals surface area contributed by atoms with Crippen LogP contribution in [0.25, 0.3) is 0 Å². The molecule has 2 aromatic rings. The first-order valence-corrected chi connectivity index (χ1v) is 9.91. The third kappa shape index (κ3) is 5.57. The average molecular weight is 375 g/mol. The lowest BCUT2D eigenvalue weighted by atomic mass is 10.2. The first kappa shape index (κ1) is 19.9. The molecule has 1 amide bonds. The normalized spacial score (nSPS) is 12.4. The van der Waals surface area contributed by atoms with E-state index in [0.29, 0.717) is 13.1 Å². The Morgan fingerprint density at radius 2 is 1.69 bits per heavy atom. The monoisotopic (exact) mass is 375 g/mol. The minimum atomic E-state index is -3.73. The van der Waals surface area contributed by atoms with Crippen LogP contribution in [0.4, 0.5) is 5.69 Å². The molecule has 6 nitrogen and oxygen atoms in total. The second-order valence-corrected chi connectivity index (χ2v) is 7.92. The minimum absolute atomic E-state index is 0.145. The van der Waals surface area contributed by atoms with Gasteiger partial charge in [0.25, 0.3) is 0 Å². The van der Waals surface area contributed by atoms with Gasteiger partial charge in [-0.25, -0.2) is 8.42 Å². The van der Waals surface area contributed by atoms with Crippen molar-refractivity contribution in [2.24, 2.45) is 0 Å². The van der Waals surface area contributed by atoms with Crippen molar-refractivity contribution in [1.29, 1.82) is 0 Å². The Balaban J connectivity index is 1.84. The molecule has 0 aliphatic heterocycles. The summed E-state index contributed by atoms with van der Waals surface area (Å²) in [7, 11) is -1.79. The highest BCUT2D eigenvalue weighted by Gasteiger charge is 2.21. The average Bonchev–Trinajstić information content (AvgIpc) is 2.62. The molecule has 0 aliphatic rings. The third-order valence-corrected chi connectivity index (χ3v) is 5.56. The van der Waals surface area contributed by atoms with Gasteiger partial charge in [-0.2, -0.15) is 4.72 Å². The van der Waals surface area contributed by atoms with Crippen molar-refractivity contribution >= 4 is 21.6 Å². The number of hydrogen-bond donors (Lipinski definition) is 2. The molecule has 26 heavy (non-hydrogen) atoms. The molecule has 0 aromatic heterocycles. The molecular weight excluding hydrogens is 350 g/mol. The van der Waals surface area contributed by atoms with Crippen molar-refractivity contribution in [3.63, 3.8) is 0 Å². The molecule has 0 bridgehead atoms. The van der Waals surface area contributed by atoms with Crippen molar-refractivity contribution in [2.75, 3.05) is 25.0 Å². The summed E-state index contributed by atoms with van der Waals surface area (Å²) in [5, 5.41) is 2.76. The number of anilines is 1. The number of benzene rings is 2. The lowest BCUT2D eigenvalue weighted by molar-refractivity contribution is -0.122. The van der Waals surface area contributed by atoms with Crippen LogP contribution in [-0.4, -0.2) is 40.5 Å². The van der Waals surface area contributed by atoms with Crippen LogP contribution in [0.3, 0.4) is 0 Å². The molecule has 0 spiro atoms. The SMILES string of the molecule is Cc1ccc(S(=O)(=O)NC(C)C(=O)NCCN(C)c2ccccc2)cc1. The molecule has 0 radical (unpaired) electrons. The van der Waals surface area contributed by atoms with Crippen LogP contribution in [-0.2, 0) is 14.8 Å². The van der Waals surface area contributed by atoms with Crippen LogP contribution >= 0.6 is 0 Å². The number of sulfonamides is 1. The van der Waals surface area contributed by atoms with Crippen molar-refractivity contribution in [3.8, 4) is 0 Å². The van der Waals surface area contributed by atoms with Gasteiger partial charge in [0.1, 0.15) is 0 Å². The first-order chi connectivity index (χ1) is 12.3. The second-order valence-electron chi connectivity index (χ2n) is 6.20. The molecule has 1 atom stereocenters. The number of likely N-dealkylation sites (N-methyl/N-ethyl adjacent to an activating group) is 1. The predicted molar refractivity (Wildman–Crippen MR) is 104 cm³/mol. The molecule has 0 fully saturated rings. The molecular formula is C19H25N3O3S. The Bertz CT molecular complexity index is 821. The largest absolute Gasteiger partial charge is 0.373 e. The lowest BCUT2D eigenvalue weighted by Gasteiger charge is -2.20. The van der Waals surface area contributed by atoms with E-state index in [1.165, 1.54) is 19.1 Å². The van der Waals surface area contributed by atoms with Crippen LogP contribution in [0.5, 0.6) is 0 Å².